The summed E-state index contributed by atoms with van der Waals surface area (Å²) in [6, 6.07) is 6.61. The van der Waals surface area contributed by atoms with Gasteiger partial charge >= 0.3 is 0 Å². The number of nitrogens with zero attached hydrogens (tertiary/aromatic N) is 1. The minimum Gasteiger partial charge on any atom is -0.385 e. The molecule has 0 aromatic heterocycles. The van der Waals surface area contributed by atoms with Crippen LogP contribution in [0.2, 0.25) is 0 Å². The topological polar surface area (TPSA) is 24.5 Å². The predicted molar refractivity (Wildman–Crippen MR) is 70.9 cm³/mol. The van der Waals surface area contributed by atoms with Gasteiger partial charge in [0.05, 0.1) is 12.7 Å². The number of fused-ring (bicyclic) bond motifs is 1. The quantitative estimate of drug-likeness (QED) is 0.804. The highest BCUT2D eigenvalue weighted by Gasteiger charge is 2.21. The Morgan fingerprint density at radius 2 is 2.35 bits per heavy atom. The van der Waals surface area contributed by atoms with E-state index in [2.05, 4.69) is 35.3 Å². The minimum absolute atomic E-state index is 0.344. The largest absolute Gasteiger partial charge is 0.385 e. The Morgan fingerprint density at radius 1 is 1.41 bits per heavy atom. The molecule has 1 aromatic carbocycles. The van der Waals surface area contributed by atoms with Gasteiger partial charge in [0, 0.05) is 31.0 Å². The van der Waals surface area contributed by atoms with Crippen LogP contribution in [0.4, 0.5) is 11.4 Å². The van der Waals surface area contributed by atoms with Gasteiger partial charge in [-0.2, -0.15) is 0 Å². The Bertz CT molecular complexity index is 405. The number of hydrogen-bond acceptors (Lipinski definition) is 3. The third-order valence-electron chi connectivity index (χ3n) is 3.65. The number of benzene rings is 1. The van der Waals surface area contributed by atoms with Crippen molar-refractivity contribution in [1.82, 2.24) is 0 Å². The minimum atomic E-state index is 0.344. The molecular formula is C14H20N2O. The second-order valence-electron chi connectivity index (χ2n) is 4.96. The van der Waals surface area contributed by atoms with E-state index < -0.39 is 0 Å². The Labute approximate surface area is 103 Å². The highest BCUT2D eigenvalue weighted by atomic mass is 16.5. The second-order valence-corrected chi connectivity index (χ2v) is 4.96. The van der Waals surface area contributed by atoms with Gasteiger partial charge in [0.15, 0.2) is 0 Å². The van der Waals surface area contributed by atoms with Gasteiger partial charge < -0.3 is 15.0 Å². The van der Waals surface area contributed by atoms with Crippen molar-refractivity contribution in [2.45, 2.75) is 25.9 Å². The molecule has 1 aromatic rings. The average Bonchev–Trinajstić information content (AvgIpc) is 2.38. The maximum Gasteiger partial charge on any atom is 0.0722 e. The lowest BCUT2D eigenvalue weighted by molar-refractivity contribution is 0.0532. The summed E-state index contributed by atoms with van der Waals surface area (Å²) in [5, 5.41) is 3.50. The molecule has 17 heavy (non-hydrogen) atoms. The van der Waals surface area contributed by atoms with Crippen molar-refractivity contribution in [2.75, 3.05) is 36.5 Å². The van der Waals surface area contributed by atoms with Crippen molar-refractivity contribution < 1.29 is 4.74 Å². The van der Waals surface area contributed by atoms with Crippen LogP contribution in [0.25, 0.3) is 0 Å². The summed E-state index contributed by atoms with van der Waals surface area (Å²) in [5.74, 6) is 0. The number of hydrogen-bond donors (Lipinski definition) is 1. The molecule has 0 amide bonds. The maximum absolute atomic E-state index is 5.62. The molecule has 0 bridgehead atoms. The van der Waals surface area contributed by atoms with Crippen molar-refractivity contribution in [3.05, 3.63) is 23.8 Å². The predicted octanol–water partition coefficient (Wildman–Crippen LogP) is 2.27. The standard InChI is InChI=1S/C14H20N2O/c1-11-10-16(8-9-17-11)14-6-2-5-13-12(14)4-3-7-15-13/h2,5-6,11,15H,3-4,7-10H2,1H3. The van der Waals surface area contributed by atoms with Crippen LogP contribution in [0, 0.1) is 0 Å². The van der Waals surface area contributed by atoms with Gasteiger partial charge in [-0.1, -0.05) is 6.07 Å². The van der Waals surface area contributed by atoms with Crippen LogP contribution in [0.1, 0.15) is 18.9 Å². The summed E-state index contributed by atoms with van der Waals surface area (Å²) < 4.78 is 5.62. The number of rotatable bonds is 1. The van der Waals surface area contributed by atoms with Crippen molar-refractivity contribution >= 4 is 11.4 Å². The highest BCUT2D eigenvalue weighted by molar-refractivity contribution is 5.68. The van der Waals surface area contributed by atoms with Gasteiger partial charge in [-0.05, 0) is 37.5 Å². The van der Waals surface area contributed by atoms with E-state index in [0.717, 1.165) is 26.2 Å². The molecule has 92 valence electrons. The fraction of sp³-hybridized carbons (Fsp3) is 0.571. The fourth-order valence-corrected chi connectivity index (χ4v) is 2.82. The Hall–Kier alpha value is -1.22. The van der Waals surface area contributed by atoms with Crippen LogP contribution in [0.15, 0.2) is 18.2 Å². The number of morpholine rings is 1. The van der Waals surface area contributed by atoms with Gasteiger partial charge in [0.25, 0.3) is 0 Å². The van der Waals surface area contributed by atoms with Crippen molar-refractivity contribution in [3.8, 4) is 0 Å². The Balaban J connectivity index is 1.91. The van der Waals surface area contributed by atoms with Gasteiger partial charge in [0.1, 0.15) is 0 Å². The van der Waals surface area contributed by atoms with Gasteiger partial charge in [0.2, 0.25) is 0 Å². The van der Waals surface area contributed by atoms with Crippen LogP contribution >= 0.6 is 0 Å². The first-order valence-corrected chi connectivity index (χ1v) is 6.57. The highest BCUT2D eigenvalue weighted by Crippen LogP contribution is 2.32. The molecule has 0 radical (unpaired) electrons. The molecule has 0 saturated carbocycles. The molecule has 0 aliphatic carbocycles. The molecule has 2 aliphatic rings. The van der Waals surface area contributed by atoms with E-state index in [-0.39, 0.29) is 0 Å². The van der Waals surface area contributed by atoms with Gasteiger partial charge in [-0.25, -0.2) is 0 Å². The SMILES string of the molecule is CC1CN(c2cccc3c2CCCN3)CCO1. The first-order valence-electron chi connectivity index (χ1n) is 6.57. The van der Waals surface area contributed by atoms with Gasteiger partial charge in [-0.15, -0.1) is 0 Å². The van der Waals surface area contributed by atoms with Crippen LogP contribution in [0.5, 0.6) is 0 Å². The molecule has 1 fully saturated rings. The third-order valence-corrected chi connectivity index (χ3v) is 3.65. The molecule has 2 heterocycles. The van der Waals surface area contributed by atoms with E-state index in [4.69, 9.17) is 4.74 Å². The summed E-state index contributed by atoms with van der Waals surface area (Å²) in [4.78, 5) is 2.47. The zero-order valence-electron chi connectivity index (χ0n) is 10.4. The van der Waals surface area contributed by atoms with Crippen molar-refractivity contribution in [3.63, 3.8) is 0 Å². The lowest BCUT2D eigenvalue weighted by Gasteiger charge is -2.35. The smallest absolute Gasteiger partial charge is 0.0722 e. The first kappa shape index (κ1) is 10.9. The molecule has 1 saturated heterocycles. The monoisotopic (exact) mass is 232 g/mol. The van der Waals surface area contributed by atoms with Crippen LogP contribution < -0.4 is 10.2 Å². The maximum atomic E-state index is 5.62. The molecule has 0 spiro atoms. The first-order chi connectivity index (χ1) is 8.34. The molecular weight excluding hydrogens is 212 g/mol. The second kappa shape index (κ2) is 4.57. The summed E-state index contributed by atoms with van der Waals surface area (Å²) in [5.41, 5.74) is 4.23. The normalized spacial score (nSPS) is 24.1. The van der Waals surface area contributed by atoms with E-state index in [1.807, 2.05) is 0 Å². The van der Waals surface area contributed by atoms with Crippen molar-refractivity contribution in [2.24, 2.45) is 0 Å². The number of anilines is 2. The molecule has 3 heteroatoms. The van der Waals surface area contributed by atoms with E-state index in [1.165, 1.54) is 29.8 Å². The summed E-state index contributed by atoms with van der Waals surface area (Å²) in [6.45, 7) is 6.13. The summed E-state index contributed by atoms with van der Waals surface area (Å²) >= 11 is 0. The zero-order chi connectivity index (χ0) is 11.7. The van der Waals surface area contributed by atoms with Crippen LogP contribution in [-0.4, -0.2) is 32.3 Å². The fourth-order valence-electron chi connectivity index (χ4n) is 2.82. The number of nitrogens with one attached hydrogen (secondary N) is 1. The van der Waals surface area contributed by atoms with E-state index >= 15 is 0 Å². The number of ether oxygens (including phenoxy) is 1. The average molecular weight is 232 g/mol. The van der Waals surface area contributed by atoms with Gasteiger partial charge in [-0.3, -0.25) is 0 Å². The zero-order valence-corrected chi connectivity index (χ0v) is 10.4. The Morgan fingerprint density at radius 3 is 3.24 bits per heavy atom. The third kappa shape index (κ3) is 2.12. The molecule has 1 N–H and O–H groups in total. The molecule has 2 aliphatic heterocycles. The molecule has 3 rings (SSSR count). The van der Waals surface area contributed by atoms with Crippen molar-refractivity contribution in [1.29, 1.82) is 0 Å². The lowest BCUT2D eigenvalue weighted by Crippen LogP contribution is -2.41. The summed E-state index contributed by atoms with van der Waals surface area (Å²) in [6.07, 6.45) is 2.78. The molecule has 3 nitrogen and oxygen atoms in total. The molecule has 1 atom stereocenters. The van der Waals surface area contributed by atoms with Crippen LogP contribution in [0.3, 0.4) is 0 Å². The summed E-state index contributed by atoms with van der Waals surface area (Å²) in [7, 11) is 0. The van der Waals surface area contributed by atoms with E-state index in [0.29, 0.717) is 6.10 Å². The van der Waals surface area contributed by atoms with E-state index in [9.17, 15) is 0 Å². The Kier molecular flexibility index (Phi) is 2.93. The van der Waals surface area contributed by atoms with Crippen LogP contribution in [-0.2, 0) is 11.2 Å². The molecule has 1 unspecified atom stereocenters. The van der Waals surface area contributed by atoms with E-state index in [1.54, 1.807) is 0 Å². The lowest BCUT2D eigenvalue weighted by atomic mass is 10.0.